The molecule has 1 aliphatic rings. The topological polar surface area (TPSA) is 49.4 Å². The maximum absolute atomic E-state index is 12.6. The third-order valence-electron chi connectivity index (χ3n) is 3.86. The molecule has 0 saturated carbocycles. The maximum atomic E-state index is 12.6. The summed E-state index contributed by atoms with van der Waals surface area (Å²) in [6.45, 7) is 6.06. The molecule has 0 radical (unpaired) electrons. The van der Waals surface area contributed by atoms with Gasteiger partial charge in [0, 0.05) is 13.1 Å². The fourth-order valence-corrected chi connectivity index (χ4v) is 4.11. The quantitative estimate of drug-likeness (QED) is 0.911. The smallest absolute Gasteiger partial charge is 0.243 e. The minimum atomic E-state index is -3.32. The van der Waals surface area contributed by atoms with Gasteiger partial charge in [-0.1, -0.05) is 6.07 Å². The fraction of sp³-hybridized carbons (Fsp3) is 0.571. The summed E-state index contributed by atoms with van der Waals surface area (Å²) in [4.78, 5) is 0.417. The standard InChI is InChI=1S/C14H22N2O2S/c1-11-4-5-14(8-12(11)2)19(17,18)16-7-6-13(10-16)9-15-3/h4-5,8,13,15H,6-7,9-10H2,1-3H3/t13-/m1/s1. The van der Waals surface area contributed by atoms with Crippen LogP contribution in [0, 0.1) is 19.8 Å². The number of nitrogens with zero attached hydrogens (tertiary/aromatic N) is 1. The summed E-state index contributed by atoms with van der Waals surface area (Å²) in [7, 11) is -1.42. The van der Waals surface area contributed by atoms with Gasteiger partial charge in [-0.15, -0.1) is 0 Å². The first-order valence-corrected chi connectivity index (χ1v) is 8.11. The first kappa shape index (κ1) is 14.5. The number of nitrogens with one attached hydrogen (secondary N) is 1. The van der Waals surface area contributed by atoms with Gasteiger partial charge in [-0.3, -0.25) is 0 Å². The summed E-state index contributed by atoms with van der Waals surface area (Å²) < 4.78 is 26.7. The van der Waals surface area contributed by atoms with E-state index in [0.29, 0.717) is 23.9 Å². The Morgan fingerprint density at radius 3 is 2.68 bits per heavy atom. The van der Waals surface area contributed by atoms with Gasteiger partial charge in [0.15, 0.2) is 0 Å². The highest BCUT2D eigenvalue weighted by Crippen LogP contribution is 2.25. The molecule has 1 fully saturated rings. The molecular formula is C14H22N2O2S. The van der Waals surface area contributed by atoms with E-state index in [1.54, 1.807) is 16.4 Å². The van der Waals surface area contributed by atoms with Crippen molar-refractivity contribution in [2.75, 3.05) is 26.7 Å². The van der Waals surface area contributed by atoms with Gasteiger partial charge in [0.05, 0.1) is 4.90 Å². The van der Waals surface area contributed by atoms with E-state index in [1.807, 2.05) is 27.0 Å². The fourth-order valence-electron chi connectivity index (χ4n) is 2.49. The lowest BCUT2D eigenvalue weighted by Gasteiger charge is -2.17. The summed E-state index contributed by atoms with van der Waals surface area (Å²) in [6, 6.07) is 5.36. The number of rotatable bonds is 4. The van der Waals surface area contributed by atoms with Gasteiger partial charge in [0.1, 0.15) is 0 Å². The van der Waals surface area contributed by atoms with Crippen LogP contribution in [0.15, 0.2) is 23.1 Å². The Bertz CT molecular complexity index is 555. The van der Waals surface area contributed by atoms with Gasteiger partial charge in [0.25, 0.3) is 0 Å². The molecule has 0 spiro atoms. The van der Waals surface area contributed by atoms with Crippen LogP contribution in [0.25, 0.3) is 0 Å². The monoisotopic (exact) mass is 282 g/mol. The van der Waals surface area contributed by atoms with Crippen molar-refractivity contribution >= 4 is 10.0 Å². The van der Waals surface area contributed by atoms with E-state index in [0.717, 1.165) is 24.1 Å². The molecule has 1 heterocycles. The van der Waals surface area contributed by atoms with Gasteiger partial charge in [-0.2, -0.15) is 4.31 Å². The minimum Gasteiger partial charge on any atom is -0.319 e. The zero-order valence-electron chi connectivity index (χ0n) is 11.8. The van der Waals surface area contributed by atoms with Crippen LogP contribution in [-0.4, -0.2) is 39.4 Å². The molecule has 0 unspecified atom stereocenters. The summed E-state index contributed by atoms with van der Waals surface area (Å²) in [6.07, 6.45) is 0.935. The second-order valence-electron chi connectivity index (χ2n) is 5.32. The summed E-state index contributed by atoms with van der Waals surface area (Å²) in [5.74, 6) is 0.423. The molecule has 1 aliphatic heterocycles. The minimum absolute atomic E-state index is 0.417. The average molecular weight is 282 g/mol. The van der Waals surface area contributed by atoms with E-state index in [4.69, 9.17) is 0 Å². The third-order valence-corrected chi connectivity index (χ3v) is 5.72. The zero-order chi connectivity index (χ0) is 14.0. The Kier molecular flexibility index (Phi) is 4.28. The second-order valence-corrected chi connectivity index (χ2v) is 7.26. The van der Waals surface area contributed by atoms with Crippen molar-refractivity contribution in [3.8, 4) is 0 Å². The first-order chi connectivity index (χ1) is 8.95. The van der Waals surface area contributed by atoms with Crippen molar-refractivity contribution in [3.63, 3.8) is 0 Å². The van der Waals surface area contributed by atoms with Gasteiger partial charge >= 0.3 is 0 Å². The van der Waals surface area contributed by atoms with Crippen LogP contribution in [0.3, 0.4) is 0 Å². The average Bonchev–Trinajstić information content (AvgIpc) is 2.82. The van der Waals surface area contributed by atoms with Crippen molar-refractivity contribution in [1.82, 2.24) is 9.62 Å². The molecule has 106 valence electrons. The SMILES string of the molecule is CNC[C@H]1CCN(S(=O)(=O)c2ccc(C)c(C)c2)C1. The van der Waals surface area contributed by atoms with Crippen LogP contribution in [0.1, 0.15) is 17.5 Å². The third kappa shape index (κ3) is 2.99. The van der Waals surface area contributed by atoms with Gasteiger partial charge in [0.2, 0.25) is 10.0 Å². The van der Waals surface area contributed by atoms with E-state index in [9.17, 15) is 8.42 Å². The molecule has 0 aliphatic carbocycles. The maximum Gasteiger partial charge on any atom is 0.243 e. The molecule has 1 N–H and O–H groups in total. The molecule has 1 aromatic carbocycles. The molecule has 5 heteroatoms. The lowest BCUT2D eigenvalue weighted by atomic mass is 10.1. The normalized spacial score (nSPS) is 20.9. The molecule has 0 bridgehead atoms. The van der Waals surface area contributed by atoms with E-state index in [2.05, 4.69) is 5.32 Å². The highest BCUT2D eigenvalue weighted by atomic mass is 32.2. The second kappa shape index (κ2) is 5.61. The molecule has 4 nitrogen and oxygen atoms in total. The molecule has 2 rings (SSSR count). The molecule has 0 amide bonds. The number of hydrogen-bond acceptors (Lipinski definition) is 3. The summed E-state index contributed by atoms with van der Waals surface area (Å²) >= 11 is 0. The molecule has 0 aromatic heterocycles. The van der Waals surface area contributed by atoms with Gasteiger partial charge in [-0.25, -0.2) is 8.42 Å². The van der Waals surface area contributed by atoms with Crippen molar-refractivity contribution in [2.24, 2.45) is 5.92 Å². The Morgan fingerprint density at radius 2 is 2.05 bits per heavy atom. The van der Waals surface area contributed by atoms with Gasteiger partial charge in [-0.05, 0) is 63.0 Å². The Balaban J connectivity index is 2.21. The number of sulfonamides is 1. The zero-order valence-corrected chi connectivity index (χ0v) is 12.6. The van der Waals surface area contributed by atoms with Crippen molar-refractivity contribution < 1.29 is 8.42 Å². The van der Waals surface area contributed by atoms with Gasteiger partial charge < -0.3 is 5.32 Å². The van der Waals surface area contributed by atoms with E-state index < -0.39 is 10.0 Å². The first-order valence-electron chi connectivity index (χ1n) is 6.67. The lowest BCUT2D eigenvalue weighted by molar-refractivity contribution is 0.451. The largest absolute Gasteiger partial charge is 0.319 e. The summed E-state index contributed by atoms with van der Waals surface area (Å²) in [5.41, 5.74) is 2.14. The Morgan fingerprint density at radius 1 is 1.32 bits per heavy atom. The number of hydrogen-bond donors (Lipinski definition) is 1. The van der Waals surface area contributed by atoms with E-state index >= 15 is 0 Å². The predicted octanol–water partition coefficient (Wildman–Crippen LogP) is 1.53. The van der Waals surface area contributed by atoms with Crippen molar-refractivity contribution in [3.05, 3.63) is 29.3 Å². The lowest BCUT2D eigenvalue weighted by Crippen LogP contribution is -2.30. The highest BCUT2D eigenvalue weighted by Gasteiger charge is 2.32. The molecule has 1 aromatic rings. The van der Waals surface area contributed by atoms with Crippen LogP contribution in [0.2, 0.25) is 0 Å². The van der Waals surface area contributed by atoms with Crippen molar-refractivity contribution in [2.45, 2.75) is 25.2 Å². The van der Waals surface area contributed by atoms with Crippen LogP contribution < -0.4 is 5.32 Å². The molecular weight excluding hydrogens is 260 g/mol. The Labute approximate surface area is 115 Å². The summed E-state index contributed by atoms with van der Waals surface area (Å²) in [5, 5.41) is 3.12. The van der Waals surface area contributed by atoms with Crippen molar-refractivity contribution in [1.29, 1.82) is 0 Å². The van der Waals surface area contributed by atoms with Crippen LogP contribution >= 0.6 is 0 Å². The van der Waals surface area contributed by atoms with Crippen LogP contribution in [0.5, 0.6) is 0 Å². The molecule has 19 heavy (non-hydrogen) atoms. The van der Waals surface area contributed by atoms with E-state index in [1.165, 1.54) is 0 Å². The number of benzene rings is 1. The highest BCUT2D eigenvalue weighted by molar-refractivity contribution is 7.89. The van der Waals surface area contributed by atoms with Crippen LogP contribution in [0.4, 0.5) is 0 Å². The Hall–Kier alpha value is -0.910. The molecule has 1 atom stereocenters. The predicted molar refractivity (Wildman–Crippen MR) is 76.7 cm³/mol. The van der Waals surface area contributed by atoms with Crippen LogP contribution in [-0.2, 0) is 10.0 Å². The van der Waals surface area contributed by atoms with E-state index in [-0.39, 0.29) is 0 Å². The molecule has 1 saturated heterocycles. The number of aryl methyl sites for hydroxylation is 2.